The van der Waals surface area contributed by atoms with Gasteiger partial charge in [0, 0.05) is 18.7 Å². The van der Waals surface area contributed by atoms with E-state index < -0.39 is 10.0 Å². The molecule has 2 aromatic rings. The van der Waals surface area contributed by atoms with Gasteiger partial charge < -0.3 is 5.32 Å². The predicted molar refractivity (Wildman–Crippen MR) is 109 cm³/mol. The molecule has 0 atom stereocenters. The summed E-state index contributed by atoms with van der Waals surface area (Å²) in [6, 6.07) is 12.5. The van der Waals surface area contributed by atoms with Crippen molar-refractivity contribution in [3.63, 3.8) is 0 Å². The summed E-state index contributed by atoms with van der Waals surface area (Å²) in [5, 5.41) is 2.94. The average Bonchev–Trinajstić information content (AvgIpc) is 2.62. The van der Waals surface area contributed by atoms with E-state index in [9.17, 15) is 13.2 Å². The van der Waals surface area contributed by atoms with E-state index in [0.717, 1.165) is 22.4 Å². The van der Waals surface area contributed by atoms with E-state index in [0.29, 0.717) is 19.4 Å². The van der Waals surface area contributed by atoms with Crippen LogP contribution in [0.5, 0.6) is 0 Å². The summed E-state index contributed by atoms with van der Waals surface area (Å²) in [4.78, 5) is 12.4. The van der Waals surface area contributed by atoms with E-state index >= 15 is 0 Å². The summed E-state index contributed by atoms with van der Waals surface area (Å²) in [7, 11) is -3.48. The van der Waals surface area contributed by atoms with Gasteiger partial charge in [0.2, 0.25) is 15.9 Å². The van der Waals surface area contributed by atoms with Crippen molar-refractivity contribution in [3.8, 4) is 0 Å². The fourth-order valence-corrected chi connectivity index (χ4v) is 3.77. The van der Waals surface area contributed by atoms with E-state index in [4.69, 9.17) is 0 Å². The first-order chi connectivity index (χ1) is 12.7. The number of hydrogen-bond donors (Lipinski definition) is 2. The Morgan fingerprint density at radius 1 is 1.04 bits per heavy atom. The normalized spacial score (nSPS) is 11.6. The molecule has 0 aromatic heterocycles. The average molecular weight is 389 g/mol. The van der Waals surface area contributed by atoms with Crippen LogP contribution in [0.3, 0.4) is 0 Å². The zero-order valence-corrected chi connectivity index (χ0v) is 17.2. The molecule has 146 valence electrons. The van der Waals surface area contributed by atoms with Crippen LogP contribution in [0.2, 0.25) is 0 Å². The molecule has 0 aliphatic heterocycles. The molecular formula is C21H28N2O3S. The van der Waals surface area contributed by atoms with Gasteiger partial charge in [-0.25, -0.2) is 13.1 Å². The van der Waals surface area contributed by atoms with Crippen LogP contribution >= 0.6 is 0 Å². The molecule has 0 fully saturated rings. The lowest BCUT2D eigenvalue weighted by Crippen LogP contribution is -2.27. The maximum absolute atomic E-state index is 12.2. The molecule has 0 heterocycles. The summed E-state index contributed by atoms with van der Waals surface area (Å²) >= 11 is 0. The molecule has 2 N–H and O–H groups in total. The molecule has 0 spiro atoms. The number of carbonyl (C=O) groups excluding carboxylic acids is 1. The molecular weight excluding hydrogens is 360 g/mol. The highest BCUT2D eigenvalue weighted by molar-refractivity contribution is 7.89. The number of nitrogens with one attached hydrogen (secondary N) is 2. The van der Waals surface area contributed by atoms with Gasteiger partial charge in [-0.15, -0.1) is 0 Å². The van der Waals surface area contributed by atoms with E-state index in [1.807, 2.05) is 45.9 Å². The number of carbonyl (C=O) groups is 1. The zero-order chi connectivity index (χ0) is 20.0. The van der Waals surface area contributed by atoms with E-state index in [2.05, 4.69) is 10.0 Å². The van der Waals surface area contributed by atoms with Gasteiger partial charge >= 0.3 is 0 Å². The molecule has 2 aromatic carbocycles. The number of amides is 1. The van der Waals surface area contributed by atoms with Crippen molar-refractivity contribution in [1.29, 1.82) is 0 Å². The van der Waals surface area contributed by atoms with Crippen LogP contribution in [0.4, 0.5) is 5.69 Å². The van der Waals surface area contributed by atoms with Crippen LogP contribution in [-0.2, 0) is 21.2 Å². The second-order valence-corrected chi connectivity index (χ2v) is 8.95. The first kappa shape index (κ1) is 21.1. The quantitative estimate of drug-likeness (QED) is 0.722. The lowest BCUT2D eigenvalue weighted by Gasteiger charge is -2.11. The van der Waals surface area contributed by atoms with E-state index in [-0.39, 0.29) is 16.7 Å². The molecule has 0 bridgehead atoms. The SMILES string of the molecule is Cc1cccc(NC(=O)CCc2ccc(S(=O)(=O)NCC(C)C)cc2)c1C. The number of hydrogen-bond acceptors (Lipinski definition) is 3. The van der Waals surface area contributed by atoms with Crippen LogP contribution in [0.15, 0.2) is 47.4 Å². The van der Waals surface area contributed by atoms with Gasteiger partial charge in [0.1, 0.15) is 0 Å². The van der Waals surface area contributed by atoms with Crippen molar-refractivity contribution in [2.24, 2.45) is 5.92 Å². The predicted octanol–water partition coefficient (Wildman–Crippen LogP) is 3.81. The molecule has 1 amide bonds. The van der Waals surface area contributed by atoms with Crippen molar-refractivity contribution in [2.45, 2.75) is 45.4 Å². The lowest BCUT2D eigenvalue weighted by atomic mass is 10.1. The minimum Gasteiger partial charge on any atom is -0.326 e. The number of sulfonamides is 1. The number of aryl methyl sites for hydroxylation is 2. The largest absolute Gasteiger partial charge is 0.326 e. The highest BCUT2D eigenvalue weighted by atomic mass is 32.2. The Hall–Kier alpha value is -2.18. The topological polar surface area (TPSA) is 75.3 Å². The third-order valence-corrected chi connectivity index (χ3v) is 5.87. The molecule has 0 saturated heterocycles. The Morgan fingerprint density at radius 2 is 1.70 bits per heavy atom. The fraction of sp³-hybridized carbons (Fsp3) is 0.381. The Kier molecular flexibility index (Phi) is 7.16. The Balaban J connectivity index is 1.93. The minimum absolute atomic E-state index is 0.0565. The summed E-state index contributed by atoms with van der Waals surface area (Å²) in [6.45, 7) is 8.31. The summed E-state index contributed by atoms with van der Waals surface area (Å²) in [5.74, 6) is 0.189. The van der Waals surface area contributed by atoms with Gasteiger partial charge in [0.25, 0.3) is 0 Å². The van der Waals surface area contributed by atoms with Crippen LogP contribution in [0.25, 0.3) is 0 Å². The fourth-order valence-electron chi connectivity index (χ4n) is 2.55. The van der Waals surface area contributed by atoms with Gasteiger partial charge in [0.05, 0.1) is 4.90 Å². The van der Waals surface area contributed by atoms with Crippen LogP contribution in [0, 0.1) is 19.8 Å². The van der Waals surface area contributed by atoms with E-state index in [1.165, 1.54) is 0 Å². The maximum atomic E-state index is 12.2. The van der Waals surface area contributed by atoms with Crippen LogP contribution in [0.1, 0.15) is 37.0 Å². The lowest BCUT2D eigenvalue weighted by molar-refractivity contribution is -0.116. The van der Waals surface area contributed by atoms with Crippen molar-refractivity contribution in [1.82, 2.24) is 4.72 Å². The number of anilines is 1. The third-order valence-electron chi connectivity index (χ3n) is 4.43. The standard InChI is InChI=1S/C21H28N2O3S/c1-15(2)14-22-27(25,26)19-11-8-18(9-12-19)10-13-21(24)23-20-7-5-6-16(3)17(20)4/h5-9,11-12,15,22H,10,13-14H2,1-4H3,(H,23,24). The third kappa shape index (κ3) is 6.19. The smallest absolute Gasteiger partial charge is 0.240 e. The van der Waals surface area contributed by atoms with Gasteiger partial charge in [-0.1, -0.05) is 38.1 Å². The first-order valence-corrected chi connectivity index (χ1v) is 10.6. The van der Waals surface area contributed by atoms with Crippen molar-refractivity contribution < 1.29 is 13.2 Å². The Morgan fingerprint density at radius 3 is 2.33 bits per heavy atom. The number of benzene rings is 2. The molecule has 2 rings (SSSR count). The van der Waals surface area contributed by atoms with Crippen LogP contribution < -0.4 is 10.0 Å². The summed E-state index contributed by atoms with van der Waals surface area (Å²) in [5.41, 5.74) is 3.96. The van der Waals surface area contributed by atoms with Crippen molar-refractivity contribution in [2.75, 3.05) is 11.9 Å². The monoisotopic (exact) mass is 388 g/mol. The van der Waals surface area contributed by atoms with Gasteiger partial charge in [0.15, 0.2) is 0 Å². The molecule has 6 heteroatoms. The minimum atomic E-state index is -3.48. The zero-order valence-electron chi connectivity index (χ0n) is 16.4. The summed E-state index contributed by atoms with van der Waals surface area (Å²) in [6.07, 6.45) is 0.890. The molecule has 0 unspecified atom stereocenters. The molecule has 5 nitrogen and oxygen atoms in total. The second kappa shape index (κ2) is 9.15. The van der Waals surface area contributed by atoms with Crippen molar-refractivity contribution >= 4 is 21.6 Å². The molecule has 0 radical (unpaired) electrons. The number of rotatable bonds is 8. The molecule has 27 heavy (non-hydrogen) atoms. The molecule has 0 aliphatic carbocycles. The van der Waals surface area contributed by atoms with Crippen LogP contribution in [-0.4, -0.2) is 20.9 Å². The van der Waals surface area contributed by atoms with Gasteiger partial charge in [-0.05, 0) is 61.1 Å². The second-order valence-electron chi connectivity index (χ2n) is 7.19. The van der Waals surface area contributed by atoms with Gasteiger partial charge in [-0.2, -0.15) is 0 Å². The Bertz CT molecular complexity index is 888. The van der Waals surface area contributed by atoms with Gasteiger partial charge in [-0.3, -0.25) is 4.79 Å². The first-order valence-electron chi connectivity index (χ1n) is 9.13. The Labute approximate surface area is 162 Å². The highest BCUT2D eigenvalue weighted by Gasteiger charge is 2.14. The summed E-state index contributed by atoms with van der Waals surface area (Å²) < 4.78 is 27.0. The van der Waals surface area contributed by atoms with E-state index in [1.54, 1.807) is 24.3 Å². The molecule has 0 aliphatic rings. The maximum Gasteiger partial charge on any atom is 0.240 e. The molecule has 0 saturated carbocycles. The van der Waals surface area contributed by atoms with Crippen molar-refractivity contribution in [3.05, 3.63) is 59.2 Å². The highest BCUT2D eigenvalue weighted by Crippen LogP contribution is 2.18.